The lowest BCUT2D eigenvalue weighted by Gasteiger charge is -2.34. The summed E-state index contributed by atoms with van der Waals surface area (Å²) in [6.45, 7) is 4.05. The quantitative estimate of drug-likeness (QED) is 0.342. The number of nitrogens with one attached hydrogen (secondary N) is 2. The molecule has 3 amide bonds. The Hall–Kier alpha value is -4.01. The molecule has 14 heteroatoms. The van der Waals surface area contributed by atoms with Crippen molar-refractivity contribution in [2.24, 2.45) is 5.92 Å². The Labute approximate surface area is 254 Å². The highest BCUT2D eigenvalue weighted by Crippen LogP contribution is 2.34. The Morgan fingerprint density at radius 3 is 2.63 bits per heavy atom. The van der Waals surface area contributed by atoms with Crippen molar-refractivity contribution in [3.63, 3.8) is 0 Å². The van der Waals surface area contributed by atoms with Gasteiger partial charge in [0.05, 0.1) is 25.6 Å². The van der Waals surface area contributed by atoms with Crippen LogP contribution in [-0.2, 0) is 21.2 Å². The van der Waals surface area contributed by atoms with Crippen LogP contribution >= 0.6 is 11.3 Å². The number of anilines is 2. The lowest BCUT2D eigenvalue weighted by molar-refractivity contribution is -0.134. The molecule has 0 spiro atoms. The van der Waals surface area contributed by atoms with Crippen molar-refractivity contribution in [1.82, 2.24) is 9.80 Å². The zero-order valence-corrected chi connectivity index (χ0v) is 25.6. The van der Waals surface area contributed by atoms with Crippen molar-refractivity contribution >= 4 is 44.7 Å². The molecular weight excluding hydrogens is 596 g/mol. The molecule has 5 rings (SSSR count). The van der Waals surface area contributed by atoms with Crippen molar-refractivity contribution in [3.05, 3.63) is 59.5 Å². The van der Waals surface area contributed by atoms with Gasteiger partial charge in [0.25, 0.3) is 10.0 Å². The van der Waals surface area contributed by atoms with Gasteiger partial charge in [0.1, 0.15) is 16.1 Å². The van der Waals surface area contributed by atoms with Crippen molar-refractivity contribution < 1.29 is 37.3 Å². The number of aliphatic hydroxyl groups is 1. The van der Waals surface area contributed by atoms with Gasteiger partial charge in [-0.25, -0.2) is 13.2 Å². The molecule has 3 heterocycles. The van der Waals surface area contributed by atoms with Crippen LogP contribution in [0.4, 0.5) is 16.2 Å². The fourth-order valence-electron chi connectivity index (χ4n) is 4.88. The number of benzene rings is 2. The topological polar surface area (TPSA) is 147 Å². The van der Waals surface area contributed by atoms with E-state index in [0.717, 1.165) is 11.3 Å². The number of hydrogen-bond acceptors (Lipinski definition) is 9. The Balaban J connectivity index is 1.38. The Bertz CT molecular complexity index is 1580. The van der Waals surface area contributed by atoms with Crippen LogP contribution in [0.25, 0.3) is 0 Å². The van der Waals surface area contributed by atoms with Crippen LogP contribution < -0.4 is 24.2 Å². The van der Waals surface area contributed by atoms with Gasteiger partial charge in [-0.15, -0.1) is 11.3 Å². The summed E-state index contributed by atoms with van der Waals surface area (Å²) in [5.41, 5.74) is 1.31. The molecule has 0 saturated carbocycles. The number of amides is 3. The maximum atomic E-state index is 13.5. The van der Waals surface area contributed by atoms with Crippen LogP contribution in [0.15, 0.2) is 58.1 Å². The number of likely N-dealkylation sites (N-methyl/N-ethyl adjacent to an activating group) is 1. The van der Waals surface area contributed by atoms with Gasteiger partial charge in [-0.3, -0.25) is 9.52 Å². The standard InChI is InChI=1S/C29H34N4O8S2/c1-18-14-33(19(2)16-34)27(35)12-20-11-22(31-43(37,38)28-5-4-10-42-28)7-8-23(20)41-26(18)15-32(3)29(36)30-21-6-9-24-25(13-21)40-17-39-24/h4-11,13,18-19,26,31,34H,12,14-17H2,1-3H3,(H,30,36)/t18-,19+,26+/m1/s1. The van der Waals surface area contributed by atoms with E-state index in [1.54, 1.807) is 66.7 Å². The second-order valence-electron chi connectivity index (χ2n) is 10.6. The molecule has 2 aliphatic rings. The van der Waals surface area contributed by atoms with Gasteiger partial charge in [0.2, 0.25) is 12.7 Å². The van der Waals surface area contributed by atoms with E-state index in [2.05, 4.69) is 10.0 Å². The molecule has 2 aliphatic heterocycles. The minimum atomic E-state index is -3.80. The second-order valence-corrected chi connectivity index (χ2v) is 13.5. The van der Waals surface area contributed by atoms with Gasteiger partial charge in [0.15, 0.2) is 11.5 Å². The molecule has 43 heavy (non-hydrogen) atoms. The monoisotopic (exact) mass is 630 g/mol. The van der Waals surface area contributed by atoms with Gasteiger partial charge in [0, 0.05) is 42.5 Å². The number of hydrogen-bond donors (Lipinski definition) is 3. The first kappa shape index (κ1) is 30.4. The van der Waals surface area contributed by atoms with Gasteiger partial charge >= 0.3 is 6.03 Å². The number of fused-ring (bicyclic) bond motifs is 2. The zero-order chi connectivity index (χ0) is 30.7. The van der Waals surface area contributed by atoms with Gasteiger partial charge in [-0.2, -0.15) is 0 Å². The first-order chi connectivity index (χ1) is 20.5. The fraction of sp³-hybridized carbons (Fsp3) is 0.379. The van der Waals surface area contributed by atoms with E-state index < -0.39 is 22.2 Å². The first-order valence-corrected chi connectivity index (χ1v) is 16.1. The molecule has 0 aliphatic carbocycles. The summed E-state index contributed by atoms with van der Waals surface area (Å²) in [6, 6.07) is 12.3. The molecular formula is C29H34N4O8S2. The van der Waals surface area contributed by atoms with Crippen molar-refractivity contribution in [3.8, 4) is 17.2 Å². The van der Waals surface area contributed by atoms with Crippen LogP contribution in [0, 0.1) is 5.92 Å². The molecule has 3 N–H and O–H groups in total. The van der Waals surface area contributed by atoms with E-state index in [4.69, 9.17) is 14.2 Å². The zero-order valence-electron chi connectivity index (χ0n) is 24.0. The number of rotatable bonds is 8. The number of urea groups is 1. The van der Waals surface area contributed by atoms with Crippen LogP contribution in [0.3, 0.4) is 0 Å². The average molecular weight is 631 g/mol. The summed E-state index contributed by atoms with van der Waals surface area (Å²) in [5, 5.41) is 14.4. The van der Waals surface area contributed by atoms with Crippen molar-refractivity contribution in [2.75, 3.05) is 43.6 Å². The van der Waals surface area contributed by atoms with E-state index in [-0.39, 0.29) is 60.7 Å². The third-order valence-electron chi connectivity index (χ3n) is 7.35. The maximum Gasteiger partial charge on any atom is 0.321 e. The number of sulfonamides is 1. The van der Waals surface area contributed by atoms with Crippen LogP contribution in [0.2, 0.25) is 0 Å². The predicted molar refractivity (Wildman–Crippen MR) is 161 cm³/mol. The molecule has 0 unspecified atom stereocenters. The van der Waals surface area contributed by atoms with Crippen molar-refractivity contribution in [1.29, 1.82) is 0 Å². The summed E-state index contributed by atoms with van der Waals surface area (Å²) < 4.78 is 45.6. The Kier molecular flexibility index (Phi) is 8.99. The average Bonchev–Trinajstić information content (AvgIpc) is 3.69. The molecule has 3 aromatic rings. The van der Waals surface area contributed by atoms with Gasteiger partial charge < -0.3 is 34.4 Å². The van der Waals surface area contributed by atoms with Crippen LogP contribution in [0.5, 0.6) is 17.2 Å². The molecule has 0 bridgehead atoms. The number of thiophene rings is 1. The molecule has 1 aromatic heterocycles. The highest BCUT2D eigenvalue weighted by Gasteiger charge is 2.32. The number of aliphatic hydroxyl groups excluding tert-OH is 1. The smallest absolute Gasteiger partial charge is 0.321 e. The highest BCUT2D eigenvalue weighted by molar-refractivity contribution is 7.94. The summed E-state index contributed by atoms with van der Waals surface area (Å²) in [4.78, 5) is 29.7. The normalized spacial score (nSPS) is 18.9. The Morgan fingerprint density at radius 1 is 1.14 bits per heavy atom. The molecule has 0 fully saturated rings. The molecule has 2 aromatic carbocycles. The molecule has 0 saturated heterocycles. The van der Waals surface area contributed by atoms with E-state index in [1.165, 1.54) is 11.0 Å². The lowest BCUT2D eigenvalue weighted by Crippen LogP contribution is -2.48. The minimum Gasteiger partial charge on any atom is -0.488 e. The van der Waals surface area contributed by atoms with E-state index in [1.807, 2.05) is 6.92 Å². The van der Waals surface area contributed by atoms with E-state index >= 15 is 0 Å². The largest absolute Gasteiger partial charge is 0.488 e. The van der Waals surface area contributed by atoms with Crippen molar-refractivity contribution in [2.45, 2.75) is 36.6 Å². The summed E-state index contributed by atoms with van der Waals surface area (Å²) in [7, 11) is -2.16. The molecule has 0 radical (unpaired) electrons. The minimum absolute atomic E-state index is 0.0614. The summed E-state index contributed by atoms with van der Waals surface area (Å²) >= 11 is 1.10. The van der Waals surface area contributed by atoms with E-state index in [0.29, 0.717) is 28.5 Å². The fourth-order valence-corrected chi connectivity index (χ4v) is 6.92. The third kappa shape index (κ3) is 6.98. The number of carbonyl (C=O) groups excluding carboxylic acids is 2. The first-order valence-electron chi connectivity index (χ1n) is 13.7. The lowest BCUT2D eigenvalue weighted by atomic mass is 10.0. The molecule has 230 valence electrons. The summed E-state index contributed by atoms with van der Waals surface area (Å²) in [5.74, 6) is 1.10. The van der Waals surface area contributed by atoms with E-state index in [9.17, 15) is 23.1 Å². The maximum absolute atomic E-state index is 13.5. The number of nitrogens with zero attached hydrogens (tertiary/aromatic N) is 2. The molecule has 3 atom stereocenters. The molecule has 12 nitrogen and oxygen atoms in total. The third-order valence-corrected chi connectivity index (χ3v) is 10.1. The van der Waals surface area contributed by atoms with Crippen LogP contribution in [0.1, 0.15) is 19.4 Å². The number of ether oxygens (including phenoxy) is 3. The predicted octanol–water partition coefficient (Wildman–Crippen LogP) is 3.59. The van der Waals surface area contributed by atoms with Gasteiger partial charge in [-0.05, 0) is 48.7 Å². The second kappa shape index (κ2) is 12.7. The van der Waals surface area contributed by atoms with Crippen LogP contribution in [-0.4, -0.2) is 80.9 Å². The van der Waals surface area contributed by atoms with Gasteiger partial charge in [-0.1, -0.05) is 13.0 Å². The highest BCUT2D eigenvalue weighted by atomic mass is 32.2. The summed E-state index contributed by atoms with van der Waals surface area (Å²) in [6.07, 6.45) is -0.604. The SMILES string of the molecule is C[C@@H]1CN([C@@H](C)CO)C(=O)Cc2cc(NS(=O)(=O)c3cccs3)ccc2O[C@H]1CN(C)C(=O)Nc1ccc2c(c1)OCO2. The number of carbonyl (C=O) groups is 2. The Morgan fingerprint density at radius 2 is 1.88 bits per heavy atom.